The first kappa shape index (κ1) is 19.3. The Morgan fingerprint density at radius 3 is 2.33 bits per heavy atom. The molecule has 3 rings (SSSR count). The van der Waals surface area contributed by atoms with Gasteiger partial charge in [-0.3, -0.25) is 4.79 Å². The molecule has 1 atom stereocenters. The SMILES string of the molecule is CCC(Cc1ccc(C(C)(C)C)cc1)C(=O)Nc1ccc2c(c1)OCCO2. The van der Waals surface area contributed by atoms with Crippen LogP contribution in [0.3, 0.4) is 0 Å². The van der Waals surface area contributed by atoms with Crippen molar-refractivity contribution in [3.63, 3.8) is 0 Å². The molecule has 4 nitrogen and oxygen atoms in total. The molecular formula is C23H29NO3. The van der Waals surface area contributed by atoms with Crippen molar-refractivity contribution >= 4 is 11.6 Å². The highest BCUT2D eigenvalue weighted by Gasteiger charge is 2.19. The van der Waals surface area contributed by atoms with Gasteiger partial charge in [0.05, 0.1) is 0 Å². The van der Waals surface area contributed by atoms with Crippen LogP contribution in [0.15, 0.2) is 42.5 Å². The van der Waals surface area contributed by atoms with Gasteiger partial charge >= 0.3 is 0 Å². The van der Waals surface area contributed by atoms with Gasteiger partial charge < -0.3 is 14.8 Å². The fourth-order valence-corrected chi connectivity index (χ4v) is 3.21. The lowest BCUT2D eigenvalue weighted by atomic mass is 9.86. The minimum Gasteiger partial charge on any atom is -0.486 e. The summed E-state index contributed by atoms with van der Waals surface area (Å²) >= 11 is 0. The number of anilines is 1. The molecule has 0 aliphatic carbocycles. The van der Waals surface area contributed by atoms with Gasteiger partial charge in [0, 0.05) is 17.7 Å². The van der Waals surface area contributed by atoms with Crippen LogP contribution in [0.25, 0.3) is 0 Å². The first-order valence-electron chi connectivity index (χ1n) is 9.66. The number of carbonyl (C=O) groups is 1. The maximum Gasteiger partial charge on any atom is 0.227 e. The second kappa shape index (κ2) is 8.03. The Morgan fingerprint density at radius 2 is 1.70 bits per heavy atom. The summed E-state index contributed by atoms with van der Waals surface area (Å²) in [5.41, 5.74) is 3.37. The predicted octanol–water partition coefficient (Wildman–Crippen LogP) is 4.96. The summed E-state index contributed by atoms with van der Waals surface area (Å²) in [5, 5.41) is 3.02. The Morgan fingerprint density at radius 1 is 1.04 bits per heavy atom. The second-order valence-electron chi connectivity index (χ2n) is 8.10. The molecule has 0 saturated heterocycles. The highest BCUT2D eigenvalue weighted by Crippen LogP contribution is 2.33. The van der Waals surface area contributed by atoms with Gasteiger partial charge in [-0.15, -0.1) is 0 Å². The zero-order valence-corrected chi connectivity index (χ0v) is 16.7. The molecular weight excluding hydrogens is 338 g/mol. The number of carbonyl (C=O) groups excluding carboxylic acids is 1. The first-order chi connectivity index (χ1) is 12.9. The van der Waals surface area contributed by atoms with Crippen molar-refractivity contribution in [2.45, 2.75) is 46.0 Å². The number of nitrogens with one attached hydrogen (secondary N) is 1. The fourth-order valence-electron chi connectivity index (χ4n) is 3.21. The zero-order valence-electron chi connectivity index (χ0n) is 16.7. The minimum atomic E-state index is -0.0707. The van der Waals surface area contributed by atoms with Crippen LogP contribution in [-0.4, -0.2) is 19.1 Å². The third kappa shape index (κ3) is 4.82. The molecule has 27 heavy (non-hydrogen) atoms. The number of hydrogen-bond acceptors (Lipinski definition) is 3. The Labute approximate surface area is 161 Å². The Bertz CT molecular complexity index is 790. The molecule has 1 unspecified atom stereocenters. The summed E-state index contributed by atoms with van der Waals surface area (Å²) in [6.45, 7) is 9.77. The van der Waals surface area contributed by atoms with Crippen LogP contribution in [0.4, 0.5) is 5.69 Å². The van der Waals surface area contributed by atoms with E-state index >= 15 is 0 Å². The fraction of sp³-hybridized carbons (Fsp3) is 0.435. The van der Waals surface area contributed by atoms with Crippen molar-refractivity contribution in [3.8, 4) is 11.5 Å². The Kier molecular flexibility index (Phi) is 5.73. The number of fused-ring (bicyclic) bond motifs is 1. The zero-order chi connectivity index (χ0) is 19.4. The van der Waals surface area contributed by atoms with E-state index in [-0.39, 0.29) is 17.2 Å². The van der Waals surface area contributed by atoms with Crippen molar-refractivity contribution in [3.05, 3.63) is 53.6 Å². The molecule has 1 amide bonds. The van der Waals surface area contributed by atoms with Gasteiger partial charge in [-0.25, -0.2) is 0 Å². The van der Waals surface area contributed by atoms with Crippen LogP contribution in [0.5, 0.6) is 11.5 Å². The lowest BCUT2D eigenvalue weighted by Crippen LogP contribution is -2.24. The van der Waals surface area contributed by atoms with Gasteiger partial charge in [-0.2, -0.15) is 0 Å². The lowest BCUT2D eigenvalue weighted by Gasteiger charge is -2.21. The van der Waals surface area contributed by atoms with Crippen LogP contribution < -0.4 is 14.8 Å². The molecule has 1 heterocycles. The Balaban J connectivity index is 1.65. The van der Waals surface area contributed by atoms with Crippen LogP contribution in [0.1, 0.15) is 45.2 Å². The van der Waals surface area contributed by atoms with Gasteiger partial charge in [0.25, 0.3) is 0 Å². The number of rotatable bonds is 5. The second-order valence-corrected chi connectivity index (χ2v) is 8.10. The van der Waals surface area contributed by atoms with Crippen LogP contribution in [-0.2, 0) is 16.6 Å². The first-order valence-corrected chi connectivity index (χ1v) is 9.66. The molecule has 1 aliphatic rings. The molecule has 2 aromatic rings. The maximum atomic E-state index is 12.8. The highest BCUT2D eigenvalue weighted by molar-refractivity contribution is 5.93. The van der Waals surface area contributed by atoms with Crippen LogP contribution in [0.2, 0.25) is 0 Å². The largest absolute Gasteiger partial charge is 0.486 e. The van der Waals surface area contributed by atoms with Crippen LogP contribution in [0, 0.1) is 5.92 Å². The van der Waals surface area contributed by atoms with E-state index in [4.69, 9.17) is 9.47 Å². The van der Waals surface area contributed by atoms with Gasteiger partial charge in [0.15, 0.2) is 11.5 Å². The van der Waals surface area contributed by atoms with E-state index in [1.54, 1.807) is 0 Å². The van der Waals surface area contributed by atoms with E-state index in [2.05, 4.69) is 57.3 Å². The molecule has 0 aromatic heterocycles. The van der Waals surface area contributed by atoms with E-state index in [1.165, 1.54) is 11.1 Å². The normalized spacial score (nSPS) is 14.5. The summed E-state index contributed by atoms with van der Waals surface area (Å²) in [6, 6.07) is 14.1. The quantitative estimate of drug-likeness (QED) is 0.812. The molecule has 144 valence electrons. The number of amides is 1. The van der Waals surface area contributed by atoms with Crippen molar-refractivity contribution < 1.29 is 14.3 Å². The van der Waals surface area contributed by atoms with Crippen LogP contribution >= 0.6 is 0 Å². The molecule has 0 bridgehead atoms. The molecule has 0 radical (unpaired) electrons. The Hall–Kier alpha value is -2.49. The van der Waals surface area contributed by atoms with E-state index < -0.39 is 0 Å². The molecule has 1 N–H and O–H groups in total. The minimum absolute atomic E-state index is 0.0362. The van der Waals surface area contributed by atoms with Gasteiger partial charge in [0.1, 0.15) is 13.2 Å². The van der Waals surface area contributed by atoms with Crippen molar-refractivity contribution in [1.29, 1.82) is 0 Å². The molecule has 0 fully saturated rings. The maximum absolute atomic E-state index is 12.8. The molecule has 0 spiro atoms. The van der Waals surface area contributed by atoms with E-state index in [9.17, 15) is 4.79 Å². The predicted molar refractivity (Wildman–Crippen MR) is 109 cm³/mol. The van der Waals surface area contributed by atoms with E-state index in [1.807, 2.05) is 18.2 Å². The average Bonchev–Trinajstić information content (AvgIpc) is 2.65. The van der Waals surface area contributed by atoms with Gasteiger partial charge in [-0.1, -0.05) is 52.0 Å². The molecule has 0 saturated carbocycles. The van der Waals surface area contributed by atoms with Crippen molar-refractivity contribution in [2.75, 3.05) is 18.5 Å². The summed E-state index contributed by atoms with van der Waals surface area (Å²) < 4.78 is 11.1. The van der Waals surface area contributed by atoms with Crippen molar-refractivity contribution in [1.82, 2.24) is 0 Å². The summed E-state index contributed by atoms with van der Waals surface area (Å²) in [4.78, 5) is 12.8. The number of hydrogen-bond donors (Lipinski definition) is 1. The van der Waals surface area contributed by atoms with Gasteiger partial charge in [-0.05, 0) is 41.5 Å². The smallest absolute Gasteiger partial charge is 0.227 e. The molecule has 1 aliphatic heterocycles. The summed E-state index contributed by atoms with van der Waals surface area (Å²) in [7, 11) is 0. The summed E-state index contributed by atoms with van der Waals surface area (Å²) in [5.74, 6) is 1.38. The third-order valence-corrected chi connectivity index (χ3v) is 4.98. The summed E-state index contributed by atoms with van der Waals surface area (Å²) in [6.07, 6.45) is 1.52. The topological polar surface area (TPSA) is 47.6 Å². The van der Waals surface area contributed by atoms with Crippen molar-refractivity contribution in [2.24, 2.45) is 5.92 Å². The molecule has 4 heteroatoms. The van der Waals surface area contributed by atoms with E-state index in [0.29, 0.717) is 19.0 Å². The highest BCUT2D eigenvalue weighted by atomic mass is 16.6. The third-order valence-electron chi connectivity index (χ3n) is 4.98. The number of ether oxygens (including phenoxy) is 2. The van der Waals surface area contributed by atoms with E-state index in [0.717, 1.165) is 24.3 Å². The number of benzene rings is 2. The standard InChI is InChI=1S/C23H29NO3/c1-5-17(14-16-6-8-18(9-7-16)23(2,3)4)22(25)24-19-10-11-20-21(15-19)27-13-12-26-20/h6-11,15,17H,5,12-14H2,1-4H3,(H,24,25). The average molecular weight is 367 g/mol. The monoisotopic (exact) mass is 367 g/mol. The molecule has 2 aromatic carbocycles. The van der Waals surface area contributed by atoms with Gasteiger partial charge in [0.2, 0.25) is 5.91 Å². The lowest BCUT2D eigenvalue weighted by molar-refractivity contribution is -0.119.